The fraction of sp³-hybridized carbons (Fsp3) is 0.143. The van der Waals surface area contributed by atoms with Gasteiger partial charge in [-0.05, 0) is 42.3 Å². The summed E-state index contributed by atoms with van der Waals surface area (Å²) in [6.45, 7) is 1.87. The van der Waals surface area contributed by atoms with Crippen molar-refractivity contribution in [1.82, 2.24) is 0 Å². The highest BCUT2D eigenvalue weighted by atomic mass is 35.5. The summed E-state index contributed by atoms with van der Waals surface area (Å²) in [6.07, 6.45) is -0.987. The predicted octanol–water partition coefficient (Wildman–Crippen LogP) is 3.45. The van der Waals surface area contributed by atoms with Gasteiger partial charge in [0.25, 0.3) is 0 Å². The molecule has 0 aliphatic rings. The molecule has 4 heteroatoms. The fourth-order valence-electron chi connectivity index (χ4n) is 1.74. The molecule has 1 atom stereocenters. The van der Waals surface area contributed by atoms with Crippen LogP contribution in [0.1, 0.15) is 22.8 Å². The molecule has 0 fully saturated rings. The van der Waals surface area contributed by atoms with Crippen molar-refractivity contribution in [1.29, 1.82) is 0 Å². The topological polar surface area (TPSA) is 46.2 Å². The quantitative estimate of drug-likeness (QED) is 0.817. The highest BCUT2D eigenvalue weighted by Gasteiger charge is 2.15. The van der Waals surface area contributed by atoms with Gasteiger partial charge >= 0.3 is 0 Å². The SMILES string of the molecule is Cc1ccc(C(O)c2cc(F)ccc2N)cc1Cl. The molecule has 2 aromatic rings. The van der Waals surface area contributed by atoms with Crippen molar-refractivity contribution >= 4 is 17.3 Å². The van der Waals surface area contributed by atoms with Gasteiger partial charge in [-0.1, -0.05) is 23.7 Å². The summed E-state index contributed by atoms with van der Waals surface area (Å²) >= 11 is 6.00. The maximum atomic E-state index is 13.2. The minimum Gasteiger partial charge on any atom is -0.398 e. The number of anilines is 1. The molecule has 0 aromatic heterocycles. The smallest absolute Gasteiger partial charge is 0.123 e. The third-order valence-corrected chi connectivity index (χ3v) is 3.26. The zero-order valence-electron chi connectivity index (χ0n) is 9.82. The van der Waals surface area contributed by atoms with Gasteiger partial charge in [-0.3, -0.25) is 0 Å². The van der Waals surface area contributed by atoms with E-state index >= 15 is 0 Å². The summed E-state index contributed by atoms with van der Waals surface area (Å²) in [6, 6.07) is 9.13. The van der Waals surface area contributed by atoms with Gasteiger partial charge in [-0.15, -0.1) is 0 Å². The van der Waals surface area contributed by atoms with Gasteiger partial charge < -0.3 is 10.8 Å². The number of rotatable bonds is 2. The minimum absolute atomic E-state index is 0.343. The van der Waals surface area contributed by atoms with E-state index in [2.05, 4.69) is 0 Å². The molecule has 0 radical (unpaired) electrons. The Labute approximate surface area is 110 Å². The number of aliphatic hydroxyl groups is 1. The number of hydrogen-bond acceptors (Lipinski definition) is 2. The van der Waals surface area contributed by atoms with E-state index in [1.54, 1.807) is 18.2 Å². The van der Waals surface area contributed by atoms with E-state index in [4.69, 9.17) is 17.3 Å². The Morgan fingerprint density at radius 2 is 1.94 bits per heavy atom. The molecule has 0 aliphatic carbocycles. The standard InChI is InChI=1S/C14H13ClFNO/c1-8-2-3-9(6-12(8)15)14(18)11-7-10(16)4-5-13(11)17/h2-7,14,18H,17H2,1H3. The first-order valence-corrected chi connectivity index (χ1v) is 5.86. The minimum atomic E-state index is -0.987. The van der Waals surface area contributed by atoms with Crippen LogP contribution in [0.15, 0.2) is 36.4 Å². The van der Waals surface area contributed by atoms with Gasteiger partial charge in [0, 0.05) is 16.3 Å². The van der Waals surface area contributed by atoms with Crippen LogP contribution in [-0.4, -0.2) is 5.11 Å². The largest absolute Gasteiger partial charge is 0.398 e. The average Bonchev–Trinajstić information content (AvgIpc) is 2.35. The van der Waals surface area contributed by atoms with E-state index in [1.165, 1.54) is 18.2 Å². The summed E-state index contributed by atoms with van der Waals surface area (Å²) in [5.41, 5.74) is 7.93. The van der Waals surface area contributed by atoms with Crippen molar-refractivity contribution in [2.24, 2.45) is 0 Å². The van der Waals surface area contributed by atoms with Crippen LogP contribution < -0.4 is 5.73 Å². The summed E-state index contributed by atoms with van der Waals surface area (Å²) < 4.78 is 13.2. The van der Waals surface area contributed by atoms with Gasteiger partial charge in [-0.25, -0.2) is 4.39 Å². The van der Waals surface area contributed by atoms with Crippen LogP contribution in [0.2, 0.25) is 5.02 Å². The number of nitrogen functional groups attached to an aromatic ring is 1. The van der Waals surface area contributed by atoms with Crippen LogP contribution in [0, 0.1) is 12.7 Å². The first-order chi connectivity index (χ1) is 8.49. The van der Waals surface area contributed by atoms with E-state index in [1.807, 2.05) is 6.92 Å². The monoisotopic (exact) mass is 265 g/mol. The molecule has 0 spiro atoms. The Hall–Kier alpha value is -1.58. The molecule has 0 amide bonds. The van der Waals surface area contributed by atoms with Crippen LogP contribution in [0.3, 0.4) is 0 Å². The molecule has 3 N–H and O–H groups in total. The number of halogens is 2. The van der Waals surface area contributed by atoms with Gasteiger partial charge in [0.15, 0.2) is 0 Å². The van der Waals surface area contributed by atoms with Gasteiger partial charge in [-0.2, -0.15) is 0 Å². The lowest BCUT2D eigenvalue weighted by molar-refractivity contribution is 0.220. The lowest BCUT2D eigenvalue weighted by atomic mass is 9.99. The van der Waals surface area contributed by atoms with Crippen molar-refractivity contribution in [3.05, 3.63) is 63.9 Å². The van der Waals surface area contributed by atoms with E-state index in [-0.39, 0.29) is 0 Å². The van der Waals surface area contributed by atoms with Crippen LogP contribution in [-0.2, 0) is 0 Å². The molecule has 0 heterocycles. The molecule has 2 nitrogen and oxygen atoms in total. The second kappa shape index (κ2) is 4.96. The fourth-order valence-corrected chi connectivity index (χ4v) is 1.93. The Morgan fingerprint density at radius 1 is 1.22 bits per heavy atom. The number of nitrogens with two attached hydrogens (primary N) is 1. The third kappa shape index (κ3) is 2.47. The molecule has 2 aromatic carbocycles. The first-order valence-electron chi connectivity index (χ1n) is 5.48. The molecule has 0 saturated carbocycles. The highest BCUT2D eigenvalue weighted by molar-refractivity contribution is 6.31. The molecule has 0 aliphatic heterocycles. The Morgan fingerprint density at radius 3 is 2.61 bits per heavy atom. The summed E-state index contributed by atoms with van der Waals surface area (Å²) in [7, 11) is 0. The van der Waals surface area contributed by atoms with Crippen molar-refractivity contribution in [3.8, 4) is 0 Å². The molecule has 94 valence electrons. The number of hydrogen-bond donors (Lipinski definition) is 2. The van der Waals surface area contributed by atoms with E-state index in [0.29, 0.717) is 21.8 Å². The Balaban J connectivity index is 2.44. The maximum absolute atomic E-state index is 13.2. The molecule has 18 heavy (non-hydrogen) atoms. The van der Waals surface area contributed by atoms with Crippen molar-refractivity contribution in [3.63, 3.8) is 0 Å². The lowest BCUT2D eigenvalue weighted by Gasteiger charge is -2.14. The summed E-state index contributed by atoms with van der Waals surface area (Å²) in [5, 5.41) is 10.8. The molecular weight excluding hydrogens is 253 g/mol. The highest BCUT2D eigenvalue weighted by Crippen LogP contribution is 2.29. The second-order valence-electron chi connectivity index (χ2n) is 4.18. The predicted molar refractivity (Wildman–Crippen MR) is 71.1 cm³/mol. The van der Waals surface area contributed by atoms with Crippen LogP contribution in [0.5, 0.6) is 0 Å². The van der Waals surface area contributed by atoms with Crippen LogP contribution >= 0.6 is 11.6 Å². The third-order valence-electron chi connectivity index (χ3n) is 2.86. The maximum Gasteiger partial charge on any atom is 0.123 e. The number of benzene rings is 2. The van der Waals surface area contributed by atoms with E-state index in [0.717, 1.165) is 5.56 Å². The van der Waals surface area contributed by atoms with Crippen LogP contribution in [0.4, 0.5) is 10.1 Å². The number of aryl methyl sites for hydroxylation is 1. The van der Waals surface area contributed by atoms with Gasteiger partial charge in [0.1, 0.15) is 11.9 Å². The molecule has 0 saturated heterocycles. The molecular formula is C14H13ClFNO. The zero-order valence-corrected chi connectivity index (χ0v) is 10.6. The molecule has 0 bridgehead atoms. The van der Waals surface area contributed by atoms with E-state index < -0.39 is 11.9 Å². The van der Waals surface area contributed by atoms with Gasteiger partial charge in [0.05, 0.1) is 0 Å². The normalized spacial score (nSPS) is 12.4. The van der Waals surface area contributed by atoms with Crippen molar-refractivity contribution in [2.75, 3.05) is 5.73 Å². The molecule has 2 rings (SSSR count). The second-order valence-corrected chi connectivity index (χ2v) is 4.59. The average molecular weight is 266 g/mol. The van der Waals surface area contributed by atoms with Gasteiger partial charge in [0.2, 0.25) is 0 Å². The van der Waals surface area contributed by atoms with Crippen molar-refractivity contribution in [2.45, 2.75) is 13.0 Å². The zero-order chi connectivity index (χ0) is 13.3. The molecule has 1 unspecified atom stereocenters. The summed E-state index contributed by atoms with van der Waals surface area (Å²) in [4.78, 5) is 0. The van der Waals surface area contributed by atoms with Crippen LogP contribution in [0.25, 0.3) is 0 Å². The summed E-state index contributed by atoms with van der Waals surface area (Å²) in [5.74, 6) is -0.434. The first kappa shape index (κ1) is 12.9. The Bertz CT molecular complexity index is 586. The lowest BCUT2D eigenvalue weighted by Crippen LogP contribution is -2.04. The van der Waals surface area contributed by atoms with Crippen molar-refractivity contribution < 1.29 is 9.50 Å². The number of aliphatic hydroxyl groups excluding tert-OH is 1. The van der Waals surface area contributed by atoms with E-state index in [9.17, 15) is 9.50 Å². The Kier molecular flexibility index (Phi) is 3.55.